The van der Waals surface area contributed by atoms with E-state index < -0.39 is 0 Å². The molecule has 0 saturated carbocycles. The highest BCUT2D eigenvalue weighted by molar-refractivity contribution is 7.71. The summed E-state index contributed by atoms with van der Waals surface area (Å²) >= 11 is 4.83. The summed E-state index contributed by atoms with van der Waals surface area (Å²) in [6.45, 7) is 3.82. The van der Waals surface area contributed by atoms with Gasteiger partial charge >= 0.3 is 0 Å². The van der Waals surface area contributed by atoms with E-state index in [1.54, 1.807) is 6.26 Å². The summed E-state index contributed by atoms with van der Waals surface area (Å²) in [6.07, 6.45) is 1.60. The van der Waals surface area contributed by atoms with E-state index in [0.29, 0.717) is 4.84 Å². The fraction of sp³-hybridized carbons (Fsp3) is 0.222. The Morgan fingerprint density at radius 3 is 2.62 bits per heavy atom. The Kier molecular flexibility index (Phi) is 1.84. The van der Waals surface area contributed by atoms with Crippen molar-refractivity contribution in [3.05, 3.63) is 28.7 Å². The minimum Gasteiger partial charge on any atom is -0.466 e. The highest BCUT2D eigenvalue weighted by Gasteiger charge is 2.08. The molecule has 13 heavy (non-hydrogen) atoms. The van der Waals surface area contributed by atoms with Crippen LogP contribution >= 0.6 is 12.2 Å². The molecule has 2 aromatic rings. The molecule has 0 spiro atoms. The standard InChI is InChI=1S/C9H9NO2S/c1-5-3-7(6(2)12-5)8-4-11-9(13)10-8/h3-4H,1-2H3,(H,10,13). The normalized spacial score (nSPS) is 10.6. The molecule has 2 rings (SSSR count). The van der Waals surface area contributed by atoms with Gasteiger partial charge in [0.15, 0.2) is 0 Å². The number of aryl methyl sites for hydroxylation is 2. The van der Waals surface area contributed by atoms with E-state index in [1.807, 2.05) is 19.9 Å². The molecule has 2 heterocycles. The minimum atomic E-state index is 0.383. The molecule has 68 valence electrons. The lowest BCUT2D eigenvalue weighted by Crippen LogP contribution is -1.75. The Bertz CT molecular complexity index is 478. The number of rotatable bonds is 1. The summed E-state index contributed by atoms with van der Waals surface area (Å²) in [5.41, 5.74) is 1.86. The predicted octanol–water partition coefficient (Wildman–Crippen LogP) is 3.21. The predicted molar refractivity (Wildman–Crippen MR) is 51.1 cm³/mol. The number of hydrogen-bond donors (Lipinski definition) is 1. The smallest absolute Gasteiger partial charge is 0.266 e. The first-order valence-corrected chi connectivity index (χ1v) is 4.33. The van der Waals surface area contributed by atoms with Crippen LogP contribution in [-0.4, -0.2) is 4.98 Å². The lowest BCUT2D eigenvalue weighted by Gasteiger charge is -1.89. The minimum absolute atomic E-state index is 0.383. The average Bonchev–Trinajstić information content (AvgIpc) is 2.58. The van der Waals surface area contributed by atoms with E-state index >= 15 is 0 Å². The molecule has 1 N–H and O–H groups in total. The molecule has 4 heteroatoms. The first kappa shape index (κ1) is 8.31. The second kappa shape index (κ2) is 2.88. The summed E-state index contributed by atoms with van der Waals surface area (Å²) in [5, 5.41) is 0. The van der Waals surface area contributed by atoms with Crippen molar-refractivity contribution in [1.82, 2.24) is 4.98 Å². The van der Waals surface area contributed by atoms with E-state index in [9.17, 15) is 0 Å². The van der Waals surface area contributed by atoms with Crippen molar-refractivity contribution in [2.45, 2.75) is 13.8 Å². The van der Waals surface area contributed by atoms with Crippen molar-refractivity contribution in [3.63, 3.8) is 0 Å². The summed E-state index contributed by atoms with van der Waals surface area (Å²) in [4.78, 5) is 3.32. The SMILES string of the molecule is Cc1cc(-c2coc(=S)[nH]2)c(C)o1. The van der Waals surface area contributed by atoms with Gasteiger partial charge in [0.05, 0.1) is 5.69 Å². The first-order valence-electron chi connectivity index (χ1n) is 3.92. The molecule has 0 atom stereocenters. The van der Waals surface area contributed by atoms with Crippen LogP contribution in [0.2, 0.25) is 0 Å². The summed E-state index contributed by atoms with van der Waals surface area (Å²) in [6, 6.07) is 1.95. The van der Waals surface area contributed by atoms with Gasteiger partial charge in [0, 0.05) is 5.56 Å². The summed E-state index contributed by atoms with van der Waals surface area (Å²) in [5.74, 6) is 1.75. The first-order chi connectivity index (χ1) is 6.16. The molecule has 3 nitrogen and oxygen atoms in total. The van der Waals surface area contributed by atoms with Gasteiger partial charge in [0.25, 0.3) is 4.84 Å². The number of H-pyrrole nitrogens is 1. The van der Waals surface area contributed by atoms with Crippen LogP contribution in [0.4, 0.5) is 0 Å². The molecule has 0 aliphatic rings. The number of aromatic nitrogens is 1. The second-order valence-electron chi connectivity index (χ2n) is 2.89. The molecule has 0 aliphatic heterocycles. The maximum Gasteiger partial charge on any atom is 0.266 e. The fourth-order valence-corrected chi connectivity index (χ4v) is 1.47. The molecule has 0 aliphatic carbocycles. The zero-order valence-corrected chi connectivity index (χ0v) is 8.20. The summed E-state index contributed by atoms with van der Waals surface area (Å²) in [7, 11) is 0. The highest BCUT2D eigenvalue weighted by Crippen LogP contribution is 2.24. The van der Waals surface area contributed by atoms with Gasteiger partial charge in [-0.2, -0.15) is 0 Å². The third-order valence-electron chi connectivity index (χ3n) is 1.85. The third-order valence-corrected chi connectivity index (χ3v) is 2.05. The quantitative estimate of drug-likeness (QED) is 0.710. The Balaban J connectivity index is 2.57. The van der Waals surface area contributed by atoms with Crippen molar-refractivity contribution >= 4 is 12.2 Å². The number of oxazole rings is 1. The van der Waals surface area contributed by atoms with Crippen LogP contribution in [0, 0.1) is 18.7 Å². The van der Waals surface area contributed by atoms with Crippen molar-refractivity contribution < 1.29 is 8.83 Å². The molecule has 0 radical (unpaired) electrons. The summed E-state index contributed by atoms with van der Waals surface area (Å²) < 4.78 is 10.4. The maximum absolute atomic E-state index is 5.38. The van der Waals surface area contributed by atoms with Gasteiger partial charge in [0.2, 0.25) is 0 Å². The van der Waals surface area contributed by atoms with Crippen molar-refractivity contribution in [1.29, 1.82) is 0 Å². The van der Waals surface area contributed by atoms with Crippen LogP contribution in [0.3, 0.4) is 0 Å². The van der Waals surface area contributed by atoms with Crippen LogP contribution in [-0.2, 0) is 0 Å². The van der Waals surface area contributed by atoms with Gasteiger partial charge in [-0.3, -0.25) is 0 Å². The van der Waals surface area contributed by atoms with Gasteiger partial charge < -0.3 is 13.8 Å². The van der Waals surface area contributed by atoms with Gasteiger partial charge in [-0.15, -0.1) is 0 Å². The van der Waals surface area contributed by atoms with Crippen molar-refractivity contribution in [3.8, 4) is 11.3 Å². The van der Waals surface area contributed by atoms with E-state index in [2.05, 4.69) is 4.98 Å². The molecule has 0 fully saturated rings. The monoisotopic (exact) mass is 195 g/mol. The number of nitrogens with one attached hydrogen (secondary N) is 1. The van der Waals surface area contributed by atoms with Crippen LogP contribution in [0.15, 0.2) is 21.2 Å². The molecule has 2 aromatic heterocycles. The average molecular weight is 195 g/mol. The molecule has 0 unspecified atom stereocenters. The van der Waals surface area contributed by atoms with Gasteiger partial charge in [-0.25, -0.2) is 0 Å². The van der Waals surface area contributed by atoms with Crippen LogP contribution < -0.4 is 0 Å². The van der Waals surface area contributed by atoms with Gasteiger partial charge in [0.1, 0.15) is 17.8 Å². The lowest BCUT2D eigenvalue weighted by molar-refractivity contribution is 0.505. The van der Waals surface area contributed by atoms with Gasteiger partial charge in [-0.05, 0) is 32.1 Å². The van der Waals surface area contributed by atoms with E-state index in [4.69, 9.17) is 21.1 Å². The second-order valence-corrected chi connectivity index (χ2v) is 3.26. The van der Waals surface area contributed by atoms with Crippen molar-refractivity contribution in [2.75, 3.05) is 0 Å². The van der Waals surface area contributed by atoms with E-state index in [-0.39, 0.29) is 0 Å². The molecule has 0 amide bonds. The largest absolute Gasteiger partial charge is 0.466 e. The zero-order chi connectivity index (χ0) is 9.42. The van der Waals surface area contributed by atoms with Crippen LogP contribution in [0.1, 0.15) is 11.5 Å². The lowest BCUT2D eigenvalue weighted by atomic mass is 10.2. The molecular formula is C9H9NO2S. The molecule has 0 bridgehead atoms. The number of furan rings is 1. The molecular weight excluding hydrogens is 186 g/mol. The Labute approximate surface area is 80.4 Å². The number of hydrogen-bond acceptors (Lipinski definition) is 3. The van der Waals surface area contributed by atoms with Crippen LogP contribution in [0.25, 0.3) is 11.3 Å². The Hall–Kier alpha value is -1.29. The Morgan fingerprint density at radius 1 is 1.38 bits per heavy atom. The molecule has 0 aromatic carbocycles. The topological polar surface area (TPSA) is 42.1 Å². The highest BCUT2D eigenvalue weighted by atomic mass is 32.1. The van der Waals surface area contributed by atoms with Gasteiger partial charge in [-0.1, -0.05) is 0 Å². The van der Waals surface area contributed by atoms with E-state index in [0.717, 1.165) is 22.8 Å². The number of aromatic amines is 1. The zero-order valence-electron chi connectivity index (χ0n) is 7.38. The van der Waals surface area contributed by atoms with E-state index in [1.165, 1.54) is 0 Å². The maximum atomic E-state index is 5.38. The van der Waals surface area contributed by atoms with Crippen molar-refractivity contribution in [2.24, 2.45) is 0 Å². The Morgan fingerprint density at radius 2 is 2.15 bits per heavy atom. The third kappa shape index (κ3) is 1.45. The van der Waals surface area contributed by atoms with Crippen LogP contribution in [0.5, 0.6) is 0 Å². The fourth-order valence-electron chi connectivity index (χ4n) is 1.31. The molecule has 0 saturated heterocycles.